The van der Waals surface area contributed by atoms with E-state index in [1.54, 1.807) is 25.1 Å². The first-order chi connectivity index (χ1) is 16.4. The largest absolute Gasteiger partial charge is 0.488 e. The van der Waals surface area contributed by atoms with Crippen molar-refractivity contribution in [2.45, 2.75) is 26.5 Å². The number of hydrogen-bond acceptors (Lipinski definition) is 5. The molecule has 0 spiro atoms. The Labute approximate surface area is 193 Å². The summed E-state index contributed by atoms with van der Waals surface area (Å²) in [5, 5.41) is 0.166. The number of furan rings is 1. The van der Waals surface area contributed by atoms with Gasteiger partial charge in [0.05, 0.1) is 24.7 Å². The average molecular weight is 469 g/mol. The minimum atomic E-state index is -0.586. The molecule has 0 saturated heterocycles. The smallest absolute Gasteiger partial charge is 0.310 e. The van der Waals surface area contributed by atoms with E-state index >= 15 is 8.78 Å². The highest BCUT2D eigenvalue weighted by molar-refractivity contribution is 5.94. The Kier molecular flexibility index (Phi) is 6.88. The van der Waals surface area contributed by atoms with Gasteiger partial charge in [0.1, 0.15) is 35.4 Å². The Balaban J connectivity index is 1.71. The van der Waals surface area contributed by atoms with Gasteiger partial charge in [-0.2, -0.15) is 0 Å². The lowest BCUT2D eigenvalue weighted by Crippen LogP contribution is -2.10. The maximum absolute atomic E-state index is 15.2. The van der Waals surface area contributed by atoms with Gasteiger partial charge in [-0.25, -0.2) is 13.2 Å². The van der Waals surface area contributed by atoms with Crippen LogP contribution in [-0.2, 0) is 29.1 Å². The summed E-state index contributed by atoms with van der Waals surface area (Å²) >= 11 is 0. The van der Waals surface area contributed by atoms with Gasteiger partial charge in [-0.05, 0) is 37.3 Å². The number of halogens is 3. The average Bonchev–Trinajstić information content (AvgIpc) is 3.31. The Hall–Kier alpha value is -3.78. The zero-order chi connectivity index (χ0) is 24.2. The molecule has 34 heavy (non-hydrogen) atoms. The summed E-state index contributed by atoms with van der Waals surface area (Å²) in [4.78, 5) is 11.9. The van der Waals surface area contributed by atoms with Crippen molar-refractivity contribution in [3.8, 4) is 16.9 Å². The van der Waals surface area contributed by atoms with Crippen LogP contribution in [0.25, 0.3) is 22.1 Å². The van der Waals surface area contributed by atoms with Gasteiger partial charge in [0.15, 0.2) is 0 Å². The number of carbonyl (C=O) groups is 1. The fraction of sp³-hybridized carbons (Fsp3) is 0.192. The normalized spacial score (nSPS) is 11.1. The second-order valence-electron chi connectivity index (χ2n) is 7.57. The summed E-state index contributed by atoms with van der Waals surface area (Å²) in [5.74, 6) is -1.98. The third-order valence-electron chi connectivity index (χ3n) is 5.38. The summed E-state index contributed by atoms with van der Waals surface area (Å²) in [6, 6.07) is 11.4. The second-order valence-corrected chi connectivity index (χ2v) is 7.57. The molecule has 2 N–H and O–H groups in total. The van der Waals surface area contributed by atoms with E-state index in [1.165, 1.54) is 36.6 Å². The van der Waals surface area contributed by atoms with Crippen LogP contribution in [-0.4, -0.2) is 12.6 Å². The molecule has 0 radical (unpaired) electrons. The Morgan fingerprint density at radius 2 is 1.79 bits per heavy atom. The van der Waals surface area contributed by atoms with Crippen LogP contribution in [0.2, 0.25) is 0 Å². The molecule has 1 aromatic heterocycles. The Morgan fingerprint density at radius 1 is 0.971 bits per heavy atom. The number of hydrogen-bond donors (Lipinski definition) is 1. The van der Waals surface area contributed by atoms with E-state index in [-0.39, 0.29) is 59.6 Å². The summed E-state index contributed by atoms with van der Waals surface area (Å²) in [6.45, 7) is 1.61. The van der Waals surface area contributed by atoms with Crippen LogP contribution in [0.4, 0.5) is 13.2 Å². The van der Waals surface area contributed by atoms with Crippen LogP contribution >= 0.6 is 0 Å². The number of benzene rings is 3. The number of fused-ring (bicyclic) bond motifs is 1. The highest BCUT2D eigenvalue weighted by Gasteiger charge is 2.20. The number of esters is 1. The molecule has 176 valence electrons. The summed E-state index contributed by atoms with van der Waals surface area (Å²) < 4.78 is 60.2. The van der Waals surface area contributed by atoms with E-state index in [4.69, 9.17) is 19.6 Å². The van der Waals surface area contributed by atoms with Crippen molar-refractivity contribution in [3.63, 3.8) is 0 Å². The van der Waals surface area contributed by atoms with E-state index in [9.17, 15) is 9.18 Å². The van der Waals surface area contributed by atoms with E-state index < -0.39 is 23.4 Å². The molecule has 0 fully saturated rings. The highest BCUT2D eigenvalue weighted by Crippen LogP contribution is 2.36. The van der Waals surface area contributed by atoms with Crippen molar-refractivity contribution in [1.82, 2.24) is 0 Å². The van der Waals surface area contributed by atoms with Gasteiger partial charge in [0.25, 0.3) is 0 Å². The molecule has 3 aromatic carbocycles. The van der Waals surface area contributed by atoms with Gasteiger partial charge in [0, 0.05) is 34.4 Å². The van der Waals surface area contributed by atoms with Crippen molar-refractivity contribution >= 4 is 16.9 Å². The molecular formula is C26H22F3NO4. The molecule has 0 aliphatic heterocycles. The molecule has 0 unspecified atom stereocenters. The highest BCUT2D eigenvalue weighted by atomic mass is 19.1. The van der Waals surface area contributed by atoms with Crippen LogP contribution in [0.15, 0.2) is 59.2 Å². The molecule has 0 atom stereocenters. The molecule has 1 heterocycles. The maximum atomic E-state index is 15.2. The SMILES string of the molecule is CCOC(=O)Cc1cc(F)ccc1OCc1cc(-c2cccc(CN)c2F)c2occc2c1F. The maximum Gasteiger partial charge on any atom is 0.310 e. The van der Waals surface area contributed by atoms with E-state index in [1.807, 2.05) is 0 Å². The third-order valence-corrected chi connectivity index (χ3v) is 5.38. The zero-order valence-corrected chi connectivity index (χ0v) is 18.4. The molecule has 0 aliphatic carbocycles. The van der Waals surface area contributed by atoms with E-state index in [0.29, 0.717) is 11.1 Å². The Morgan fingerprint density at radius 3 is 2.56 bits per heavy atom. The molecule has 4 aromatic rings. The van der Waals surface area contributed by atoms with Crippen LogP contribution < -0.4 is 10.5 Å². The van der Waals surface area contributed by atoms with Gasteiger partial charge in [-0.15, -0.1) is 0 Å². The molecule has 0 aliphatic rings. The molecule has 4 rings (SSSR count). The van der Waals surface area contributed by atoms with Crippen LogP contribution in [0.1, 0.15) is 23.6 Å². The lowest BCUT2D eigenvalue weighted by atomic mass is 9.97. The summed E-state index contributed by atoms with van der Waals surface area (Å²) in [6.07, 6.45) is 1.12. The van der Waals surface area contributed by atoms with Crippen molar-refractivity contribution in [2.75, 3.05) is 6.61 Å². The number of carbonyl (C=O) groups excluding carboxylic acids is 1. The van der Waals surface area contributed by atoms with Gasteiger partial charge in [-0.3, -0.25) is 4.79 Å². The van der Waals surface area contributed by atoms with Gasteiger partial charge >= 0.3 is 5.97 Å². The standard InChI is InChI=1S/C26H22F3NO4/c1-2-32-23(31)12-16-10-18(27)6-7-22(16)34-14-17-11-21(26-20(25(17)29)8-9-33-26)19-5-3-4-15(13-30)24(19)28/h3-11H,2,12-14,30H2,1H3. The van der Waals surface area contributed by atoms with Crippen molar-refractivity contribution in [2.24, 2.45) is 5.73 Å². The molecule has 5 nitrogen and oxygen atoms in total. The minimum Gasteiger partial charge on any atom is -0.488 e. The fourth-order valence-corrected chi connectivity index (χ4v) is 3.77. The van der Waals surface area contributed by atoms with E-state index in [0.717, 1.165) is 0 Å². The lowest BCUT2D eigenvalue weighted by molar-refractivity contribution is -0.142. The van der Waals surface area contributed by atoms with Gasteiger partial charge < -0.3 is 19.6 Å². The molecular weight excluding hydrogens is 447 g/mol. The van der Waals surface area contributed by atoms with Crippen molar-refractivity contribution in [1.29, 1.82) is 0 Å². The fourth-order valence-electron chi connectivity index (χ4n) is 3.77. The topological polar surface area (TPSA) is 74.7 Å². The number of nitrogens with two attached hydrogens (primary N) is 1. The number of ether oxygens (including phenoxy) is 2. The minimum absolute atomic E-state index is 0.00590. The van der Waals surface area contributed by atoms with Crippen LogP contribution in [0.5, 0.6) is 5.75 Å². The van der Waals surface area contributed by atoms with Crippen LogP contribution in [0.3, 0.4) is 0 Å². The first-order valence-electron chi connectivity index (χ1n) is 10.7. The van der Waals surface area contributed by atoms with Gasteiger partial charge in [-0.1, -0.05) is 18.2 Å². The summed E-state index contributed by atoms with van der Waals surface area (Å²) in [7, 11) is 0. The predicted molar refractivity (Wildman–Crippen MR) is 121 cm³/mol. The molecule has 0 bridgehead atoms. The molecule has 0 saturated carbocycles. The first kappa shape index (κ1) is 23.4. The van der Waals surface area contributed by atoms with E-state index in [2.05, 4.69) is 0 Å². The Bertz CT molecular complexity index is 1350. The number of rotatable bonds is 8. The second kappa shape index (κ2) is 10.0. The van der Waals surface area contributed by atoms with Gasteiger partial charge in [0.2, 0.25) is 0 Å². The third kappa shape index (κ3) is 4.63. The van der Waals surface area contributed by atoms with Crippen molar-refractivity contribution in [3.05, 3.63) is 88.9 Å². The summed E-state index contributed by atoms with van der Waals surface area (Å²) in [5.41, 5.74) is 7.10. The lowest BCUT2D eigenvalue weighted by Gasteiger charge is -2.14. The van der Waals surface area contributed by atoms with Crippen molar-refractivity contribution < 1.29 is 31.9 Å². The molecule has 8 heteroatoms. The zero-order valence-electron chi connectivity index (χ0n) is 18.4. The first-order valence-corrected chi connectivity index (χ1v) is 10.7. The molecule has 0 amide bonds. The quantitative estimate of drug-likeness (QED) is 0.337. The monoisotopic (exact) mass is 469 g/mol. The predicted octanol–water partition coefficient (Wildman–Crippen LogP) is 5.66. The van der Waals surface area contributed by atoms with Crippen LogP contribution in [0, 0.1) is 17.5 Å².